The molecule has 11 rings (SSSR count). The number of hydrogen-bond acceptors (Lipinski definition) is 20. The van der Waals surface area contributed by atoms with Crippen molar-refractivity contribution in [2.45, 2.75) is 389 Å². The van der Waals surface area contributed by atoms with Crippen LogP contribution in [0.2, 0.25) is 0 Å². The molecule has 3 aliphatic heterocycles. The van der Waals surface area contributed by atoms with Gasteiger partial charge in [0, 0.05) is 90.6 Å². The summed E-state index contributed by atoms with van der Waals surface area (Å²) in [5.74, 6) is 12.6. The van der Waals surface area contributed by atoms with Crippen molar-refractivity contribution >= 4 is 0 Å². The maximum Gasteiger partial charge on any atom is 0.0701 e. The summed E-state index contributed by atoms with van der Waals surface area (Å²) < 4.78 is 87.5. The van der Waals surface area contributed by atoms with E-state index in [1.165, 1.54) is 283 Å². The van der Waals surface area contributed by atoms with Gasteiger partial charge in [-0.2, -0.15) is 0 Å². The Bertz CT molecular complexity index is 2800. The average molecular weight is 1950 g/mol. The van der Waals surface area contributed by atoms with Crippen LogP contribution in [0.4, 0.5) is 0 Å². The van der Waals surface area contributed by atoms with Crippen molar-refractivity contribution in [2.24, 2.45) is 105 Å². The molecular weight excluding hydrogens is 1730 g/mol. The number of nitrogens with one attached hydrogen (secondary N) is 2. The van der Waals surface area contributed by atoms with E-state index >= 15 is 0 Å². The van der Waals surface area contributed by atoms with E-state index in [0.29, 0.717) is 178 Å². The summed E-state index contributed by atoms with van der Waals surface area (Å²) >= 11 is 0. The van der Waals surface area contributed by atoms with Gasteiger partial charge in [0.25, 0.3) is 0 Å². The third-order valence-corrected chi connectivity index (χ3v) is 38.4. The van der Waals surface area contributed by atoms with Crippen molar-refractivity contribution < 1.29 is 66.3 Å². The smallest absolute Gasteiger partial charge is 0.0701 e. The maximum absolute atomic E-state index is 6.83. The van der Waals surface area contributed by atoms with E-state index in [4.69, 9.17) is 66.3 Å². The van der Waals surface area contributed by atoms with Crippen molar-refractivity contribution in [3.8, 4) is 0 Å². The molecule has 3 saturated heterocycles. The van der Waals surface area contributed by atoms with Crippen LogP contribution in [0.25, 0.3) is 0 Å². The molecule has 8 saturated carbocycles. The first-order valence-electron chi connectivity index (χ1n) is 60.0. The predicted molar refractivity (Wildman–Crippen MR) is 566 cm³/mol. The van der Waals surface area contributed by atoms with Gasteiger partial charge in [0.2, 0.25) is 0 Å². The topological polar surface area (TPSA) is 166 Å². The Balaban J connectivity index is 0.445. The minimum atomic E-state index is 0.331. The Hall–Kier alpha value is -0.800. The van der Waals surface area contributed by atoms with E-state index in [1.807, 2.05) is 0 Å². The number of fused-ring (bicyclic) bond motifs is 10. The Morgan fingerprint density at radius 2 is 0.551 bits per heavy atom. The molecular formula is C118H222N6O14. The predicted octanol–water partition coefficient (Wildman–Crippen LogP) is 22.9. The first kappa shape index (κ1) is 117. The summed E-state index contributed by atoms with van der Waals surface area (Å²) in [6.07, 6.45) is 63.0. The summed E-state index contributed by atoms with van der Waals surface area (Å²) in [6.45, 7) is 56.5. The summed E-state index contributed by atoms with van der Waals surface area (Å²) in [4.78, 5) is 10.1. The van der Waals surface area contributed by atoms with Gasteiger partial charge in [-0.1, -0.05) is 223 Å². The van der Waals surface area contributed by atoms with Gasteiger partial charge in [0.1, 0.15) is 0 Å². The molecule has 6 unspecified atom stereocenters. The molecule has 0 aromatic carbocycles. The largest absolute Gasteiger partial charge is 0.378 e. The molecule has 11 aliphatic rings. The molecule has 0 spiro atoms. The van der Waals surface area contributed by atoms with Crippen LogP contribution in [0.5, 0.6) is 0 Å². The highest BCUT2D eigenvalue weighted by Gasteiger charge is 2.63. The molecule has 20 heteroatoms. The number of rotatable bonds is 44. The van der Waals surface area contributed by atoms with Crippen molar-refractivity contribution in [3.63, 3.8) is 0 Å². The fourth-order valence-electron chi connectivity index (χ4n) is 30.0. The first-order valence-corrected chi connectivity index (χ1v) is 60.0. The molecule has 20 atom stereocenters. The highest BCUT2D eigenvalue weighted by atomic mass is 16.6. The number of unbranched alkanes of at least 4 members (excludes halogenated alkanes) is 18. The fraction of sp³-hybridized carbons (Fsp3) is 1.00. The van der Waals surface area contributed by atoms with Crippen molar-refractivity contribution in [3.05, 3.63) is 0 Å². The molecule has 20 nitrogen and oxygen atoms in total. The zero-order valence-corrected chi connectivity index (χ0v) is 91.7. The fourth-order valence-corrected chi connectivity index (χ4v) is 30.0. The number of hydrogen-bond donors (Lipinski definition) is 2. The highest BCUT2D eigenvalue weighted by Crippen LogP contribution is 2.71. The van der Waals surface area contributed by atoms with E-state index in [1.54, 1.807) is 0 Å². The quantitative estimate of drug-likeness (QED) is 0.0553. The highest BCUT2D eigenvalue weighted by molar-refractivity contribution is 5.12. The van der Waals surface area contributed by atoms with Crippen LogP contribution in [0, 0.1) is 105 Å². The van der Waals surface area contributed by atoms with E-state index in [-0.39, 0.29) is 0 Å². The number of ether oxygens (including phenoxy) is 14. The molecule has 0 amide bonds. The molecule has 8 aliphatic carbocycles. The van der Waals surface area contributed by atoms with Gasteiger partial charge in [-0.3, -0.25) is 19.6 Å². The average Bonchev–Trinajstić information content (AvgIpc) is 1.60. The summed E-state index contributed by atoms with van der Waals surface area (Å²) in [6, 6.07) is 0.662. The lowest BCUT2D eigenvalue weighted by atomic mass is 9.44. The van der Waals surface area contributed by atoms with Gasteiger partial charge >= 0.3 is 0 Å². The maximum atomic E-state index is 6.83. The summed E-state index contributed by atoms with van der Waals surface area (Å²) in [5, 5.41) is 7.51. The van der Waals surface area contributed by atoms with Crippen LogP contribution < -0.4 is 10.6 Å². The van der Waals surface area contributed by atoms with Crippen LogP contribution in [-0.4, -0.2) is 307 Å². The van der Waals surface area contributed by atoms with E-state index in [0.717, 1.165) is 227 Å². The van der Waals surface area contributed by atoms with Gasteiger partial charge in [-0.25, -0.2) is 0 Å². The second-order valence-corrected chi connectivity index (χ2v) is 48.5. The van der Waals surface area contributed by atoms with Gasteiger partial charge in [-0.05, 0) is 259 Å². The molecule has 138 heavy (non-hydrogen) atoms. The van der Waals surface area contributed by atoms with E-state index in [2.05, 4.69) is 99.5 Å². The van der Waals surface area contributed by atoms with Crippen LogP contribution >= 0.6 is 0 Å². The van der Waals surface area contributed by atoms with Crippen molar-refractivity contribution in [2.75, 3.05) is 263 Å². The molecule has 0 aromatic heterocycles. The molecule has 808 valence electrons. The molecule has 3 heterocycles. The van der Waals surface area contributed by atoms with Gasteiger partial charge in [0.15, 0.2) is 0 Å². The Morgan fingerprint density at radius 3 is 0.877 bits per heavy atom. The SMILES string of the molecule is CC(C)CCC[C@@H](C)[C@H]1CC[C@H]2[C@@H]3CCC4CC(OCCN5CCOCCOCCNC(CCCCCCCCCCCCN6CCOCCOCCN(CCCCCCCCCCCCC7COCCOCCN(CCOC8CC[C@@]9(C)C(CC[C@H]%10[C@@H]%11CC[C@H]([C@H](C)CCCC(C)C)[C@@]%11(C)CC[C@@H]%109)C8)CCOCCOCCN7)CCOCCOCC6)COCCOCC5)CC[C@]4(C)[C@H]3CC[C@]12C. The summed E-state index contributed by atoms with van der Waals surface area (Å²) in [5.41, 5.74) is 2.14. The van der Waals surface area contributed by atoms with Crippen LogP contribution in [0.1, 0.15) is 365 Å². The zero-order chi connectivity index (χ0) is 96.8. The van der Waals surface area contributed by atoms with Crippen LogP contribution in [0.15, 0.2) is 0 Å². The monoisotopic (exact) mass is 1950 g/mol. The minimum Gasteiger partial charge on any atom is -0.378 e. The Labute approximate surface area is 848 Å². The second kappa shape index (κ2) is 68.1. The third kappa shape index (κ3) is 41.2. The Kier molecular flexibility index (Phi) is 58.0. The van der Waals surface area contributed by atoms with Crippen LogP contribution in [-0.2, 0) is 66.3 Å². The first-order chi connectivity index (χ1) is 67.5. The molecule has 11 fully saturated rings. The number of nitrogens with zero attached hydrogens (tertiary/aromatic N) is 4. The molecule has 0 aromatic rings. The normalized spacial score (nSPS) is 34.1. The van der Waals surface area contributed by atoms with Gasteiger partial charge < -0.3 is 76.9 Å². The minimum absolute atomic E-state index is 0.331. The van der Waals surface area contributed by atoms with E-state index in [9.17, 15) is 0 Å². The summed E-state index contributed by atoms with van der Waals surface area (Å²) in [7, 11) is 0. The lowest BCUT2D eigenvalue weighted by molar-refractivity contribution is -0.137. The van der Waals surface area contributed by atoms with Crippen molar-refractivity contribution in [1.82, 2.24) is 30.2 Å². The second-order valence-electron chi connectivity index (χ2n) is 48.5. The standard InChI is InChI=1S/C118H222N6O14/c1-97(2)33-31-35-99(5)109-43-45-111-107-41-39-101-93-105(47-51-115(101,7)113(107)49-53-117(109,111)9)137-79-67-123-63-75-131-83-81-125-69-55-119-103(95-135-91-89-133-77-65-123)37-27-23-19-15-11-13-17-21-25-29-57-121-59-71-127-85-87-129-73-61-122(62-74-130-88-86-128-72-60-121)58-30-26-22-18-14-12-16-20-24-28-38-104-96-136-92-90-134-78-66-124(64-76-132-84-82-126-70-56-120-104)68-80-138-106-48-52-116(8)102(94-106)40-42-108-112-46-44-110(100(6)36-32-34-98(3)4)118(112,10)54-50-114(108)116/h97-114,119-120H,11-96H2,1-10H3/t99-,100-,101?,102?,103?,104?,105?,106?,107+,108+,109-,110-,111+,112+,113+,114+,115+,116+,117-,118-/m1/s1. The lowest BCUT2D eigenvalue weighted by Crippen LogP contribution is -2.54. The third-order valence-electron chi connectivity index (χ3n) is 38.4. The van der Waals surface area contributed by atoms with Crippen LogP contribution in [0.3, 0.4) is 0 Å². The lowest BCUT2D eigenvalue weighted by Gasteiger charge is -2.61. The van der Waals surface area contributed by atoms with Gasteiger partial charge in [-0.15, -0.1) is 0 Å². The van der Waals surface area contributed by atoms with E-state index < -0.39 is 0 Å². The Morgan fingerprint density at radius 1 is 0.268 bits per heavy atom. The molecule has 0 bridgehead atoms. The molecule has 0 radical (unpaired) electrons. The van der Waals surface area contributed by atoms with Crippen molar-refractivity contribution in [1.29, 1.82) is 0 Å². The molecule has 2 N–H and O–H groups in total. The zero-order valence-electron chi connectivity index (χ0n) is 91.7. The van der Waals surface area contributed by atoms with Gasteiger partial charge in [0.05, 0.1) is 184 Å².